The third-order valence-corrected chi connectivity index (χ3v) is 3.60. The number of rotatable bonds is 4. The summed E-state index contributed by atoms with van der Waals surface area (Å²) >= 11 is 1.65. The zero-order valence-corrected chi connectivity index (χ0v) is 12.3. The van der Waals surface area contributed by atoms with Crippen molar-refractivity contribution in [1.82, 2.24) is 0 Å². The molecule has 1 aromatic carbocycles. The number of carbonyl (C=O) groups excluding carboxylic acids is 1. The Morgan fingerprint density at radius 1 is 1.44 bits per heavy atom. The average Bonchev–Trinajstić information content (AvgIpc) is 2.27. The SMILES string of the molecule is CSc1cccc(NC(=O)CC(N)C(C)(C)C)c1. The van der Waals surface area contributed by atoms with E-state index in [0.717, 1.165) is 10.6 Å². The van der Waals surface area contributed by atoms with Crippen LogP contribution in [0.15, 0.2) is 29.2 Å². The Morgan fingerprint density at radius 2 is 2.11 bits per heavy atom. The lowest BCUT2D eigenvalue weighted by Crippen LogP contribution is -2.38. The van der Waals surface area contributed by atoms with Gasteiger partial charge in [-0.2, -0.15) is 0 Å². The van der Waals surface area contributed by atoms with Crippen LogP contribution in [0.2, 0.25) is 0 Å². The van der Waals surface area contributed by atoms with Crippen LogP contribution in [0.5, 0.6) is 0 Å². The molecule has 0 saturated carbocycles. The Morgan fingerprint density at radius 3 is 2.67 bits per heavy atom. The van der Waals surface area contributed by atoms with Gasteiger partial charge in [0.05, 0.1) is 0 Å². The van der Waals surface area contributed by atoms with Crippen molar-refractivity contribution < 1.29 is 4.79 Å². The predicted octanol–water partition coefficient (Wildman–Crippen LogP) is 3.11. The number of nitrogens with one attached hydrogen (secondary N) is 1. The first-order valence-electron chi connectivity index (χ1n) is 6.02. The fraction of sp³-hybridized carbons (Fsp3) is 0.500. The molecule has 0 bridgehead atoms. The van der Waals surface area contributed by atoms with Crippen LogP contribution in [0, 0.1) is 5.41 Å². The highest BCUT2D eigenvalue weighted by Gasteiger charge is 2.23. The zero-order chi connectivity index (χ0) is 13.8. The van der Waals surface area contributed by atoms with Gasteiger partial charge in [0, 0.05) is 23.0 Å². The van der Waals surface area contributed by atoms with Crippen LogP contribution in [0.1, 0.15) is 27.2 Å². The first-order valence-corrected chi connectivity index (χ1v) is 7.25. The van der Waals surface area contributed by atoms with E-state index in [1.165, 1.54) is 0 Å². The standard InChI is InChI=1S/C14H22N2OS/c1-14(2,3)12(15)9-13(17)16-10-6-5-7-11(8-10)18-4/h5-8,12H,9,15H2,1-4H3,(H,16,17). The lowest BCUT2D eigenvalue weighted by molar-refractivity contribution is -0.117. The minimum absolute atomic E-state index is 0.0318. The molecular weight excluding hydrogens is 244 g/mol. The summed E-state index contributed by atoms with van der Waals surface area (Å²) in [4.78, 5) is 13.0. The number of amides is 1. The largest absolute Gasteiger partial charge is 0.327 e. The summed E-state index contributed by atoms with van der Waals surface area (Å²) in [6.07, 6.45) is 2.35. The summed E-state index contributed by atoms with van der Waals surface area (Å²) in [6, 6.07) is 7.67. The first-order chi connectivity index (χ1) is 8.32. The molecule has 3 nitrogen and oxygen atoms in total. The normalized spacial score (nSPS) is 13.2. The summed E-state index contributed by atoms with van der Waals surface area (Å²) in [5.74, 6) is -0.0318. The number of anilines is 1. The van der Waals surface area contributed by atoms with E-state index in [1.54, 1.807) is 11.8 Å². The highest BCUT2D eigenvalue weighted by Crippen LogP contribution is 2.21. The van der Waals surface area contributed by atoms with Gasteiger partial charge in [-0.3, -0.25) is 4.79 Å². The number of hydrogen-bond acceptors (Lipinski definition) is 3. The Kier molecular flexibility index (Phi) is 5.23. The molecule has 0 heterocycles. The van der Waals surface area contributed by atoms with Crippen LogP contribution >= 0.6 is 11.8 Å². The van der Waals surface area contributed by atoms with E-state index in [0.29, 0.717) is 6.42 Å². The van der Waals surface area contributed by atoms with Gasteiger partial charge < -0.3 is 11.1 Å². The highest BCUT2D eigenvalue weighted by molar-refractivity contribution is 7.98. The number of thioether (sulfide) groups is 1. The molecular formula is C14H22N2OS. The van der Waals surface area contributed by atoms with Gasteiger partial charge in [-0.25, -0.2) is 0 Å². The van der Waals surface area contributed by atoms with Crippen LogP contribution < -0.4 is 11.1 Å². The Bertz CT molecular complexity index is 413. The lowest BCUT2D eigenvalue weighted by Gasteiger charge is -2.26. The molecule has 18 heavy (non-hydrogen) atoms. The average molecular weight is 266 g/mol. The quantitative estimate of drug-likeness (QED) is 0.823. The molecule has 0 radical (unpaired) electrons. The summed E-state index contributed by atoms with van der Waals surface area (Å²) in [5, 5.41) is 2.89. The highest BCUT2D eigenvalue weighted by atomic mass is 32.2. The Hall–Kier alpha value is -1.00. The van der Waals surface area contributed by atoms with Crippen LogP contribution in [-0.4, -0.2) is 18.2 Å². The second-order valence-corrected chi connectivity index (χ2v) is 6.34. The molecule has 0 fully saturated rings. The van der Waals surface area contributed by atoms with Gasteiger partial charge in [0.1, 0.15) is 0 Å². The minimum atomic E-state index is -0.138. The monoisotopic (exact) mass is 266 g/mol. The molecule has 0 aromatic heterocycles. The molecule has 1 atom stereocenters. The van der Waals surface area contributed by atoms with Crippen molar-refractivity contribution in [3.8, 4) is 0 Å². The van der Waals surface area contributed by atoms with E-state index in [9.17, 15) is 4.79 Å². The van der Waals surface area contributed by atoms with Crippen LogP contribution in [0.3, 0.4) is 0 Å². The second-order valence-electron chi connectivity index (χ2n) is 5.46. The maximum absolute atomic E-state index is 11.9. The molecule has 3 N–H and O–H groups in total. The van der Waals surface area contributed by atoms with Crippen molar-refractivity contribution in [2.24, 2.45) is 11.1 Å². The third-order valence-electron chi connectivity index (χ3n) is 2.87. The molecule has 1 amide bonds. The summed E-state index contributed by atoms with van der Waals surface area (Å²) in [5.41, 5.74) is 6.77. The van der Waals surface area contributed by atoms with Gasteiger partial charge >= 0.3 is 0 Å². The molecule has 0 aliphatic heterocycles. The van der Waals surface area contributed by atoms with E-state index in [4.69, 9.17) is 5.73 Å². The van der Waals surface area contributed by atoms with Gasteiger partial charge in [0.2, 0.25) is 5.91 Å². The van der Waals surface area contributed by atoms with Crippen molar-refractivity contribution >= 4 is 23.4 Å². The van der Waals surface area contributed by atoms with E-state index >= 15 is 0 Å². The van der Waals surface area contributed by atoms with Crippen molar-refractivity contribution in [3.05, 3.63) is 24.3 Å². The predicted molar refractivity (Wildman–Crippen MR) is 78.9 cm³/mol. The van der Waals surface area contributed by atoms with Gasteiger partial charge in [-0.1, -0.05) is 26.8 Å². The van der Waals surface area contributed by atoms with Gasteiger partial charge in [0.25, 0.3) is 0 Å². The fourth-order valence-electron chi connectivity index (χ4n) is 1.42. The van der Waals surface area contributed by atoms with E-state index < -0.39 is 0 Å². The molecule has 0 spiro atoms. The third kappa shape index (κ3) is 4.70. The molecule has 1 rings (SSSR count). The maximum atomic E-state index is 11.9. The zero-order valence-electron chi connectivity index (χ0n) is 11.5. The number of benzene rings is 1. The second kappa shape index (κ2) is 6.25. The Balaban J connectivity index is 2.59. The maximum Gasteiger partial charge on any atom is 0.225 e. The number of nitrogens with two attached hydrogens (primary N) is 1. The molecule has 0 aliphatic carbocycles. The van der Waals surface area contributed by atoms with Crippen molar-refractivity contribution in [3.63, 3.8) is 0 Å². The summed E-state index contributed by atoms with van der Waals surface area (Å²) < 4.78 is 0. The number of hydrogen-bond donors (Lipinski definition) is 2. The molecule has 0 saturated heterocycles. The van der Waals surface area contributed by atoms with Crippen LogP contribution in [-0.2, 0) is 4.79 Å². The van der Waals surface area contributed by atoms with E-state index in [-0.39, 0.29) is 17.4 Å². The topological polar surface area (TPSA) is 55.1 Å². The molecule has 1 aromatic rings. The molecule has 4 heteroatoms. The minimum Gasteiger partial charge on any atom is -0.327 e. The van der Waals surface area contributed by atoms with Crippen molar-refractivity contribution in [1.29, 1.82) is 0 Å². The molecule has 1 unspecified atom stereocenters. The number of carbonyl (C=O) groups is 1. The van der Waals surface area contributed by atoms with Crippen molar-refractivity contribution in [2.45, 2.75) is 38.1 Å². The lowest BCUT2D eigenvalue weighted by atomic mass is 9.85. The molecule has 100 valence electrons. The summed E-state index contributed by atoms with van der Waals surface area (Å²) in [6.45, 7) is 6.12. The van der Waals surface area contributed by atoms with E-state index in [2.05, 4.69) is 5.32 Å². The van der Waals surface area contributed by atoms with Gasteiger partial charge in [-0.05, 0) is 29.9 Å². The fourth-order valence-corrected chi connectivity index (χ4v) is 1.88. The van der Waals surface area contributed by atoms with Gasteiger partial charge in [-0.15, -0.1) is 11.8 Å². The van der Waals surface area contributed by atoms with Crippen LogP contribution in [0.25, 0.3) is 0 Å². The van der Waals surface area contributed by atoms with Gasteiger partial charge in [0.15, 0.2) is 0 Å². The smallest absolute Gasteiger partial charge is 0.225 e. The Labute approximate surface area is 114 Å². The first kappa shape index (κ1) is 15.1. The van der Waals surface area contributed by atoms with Crippen LogP contribution in [0.4, 0.5) is 5.69 Å². The van der Waals surface area contributed by atoms with Crippen molar-refractivity contribution in [2.75, 3.05) is 11.6 Å². The van der Waals surface area contributed by atoms with E-state index in [1.807, 2.05) is 51.3 Å². The molecule has 0 aliphatic rings. The summed E-state index contributed by atoms with van der Waals surface area (Å²) in [7, 11) is 0.